The highest BCUT2D eigenvalue weighted by Crippen LogP contribution is 2.28. The molecule has 0 aliphatic carbocycles. The molecule has 0 bridgehead atoms. The van der Waals surface area contributed by atoms with Crippen LogP contribution in [-0.2, 0) is 9.59 Å². The molecule has 0 unspecified atom stereocenters. The van der Waals surface area contributed by atoms with Crippen LogP contribution >= 0.6 is 0 Å². The molecule has 2 rings (SSSR count). The number of aryl methyl sites for hydroxylation is 1. The first-order valence-electron chi connectivity index (χ1n) is 5.54. The summed E-state index contributed by atoms with van der Waals surface area (Å²) in [5, 5.41) is 0. The Labute approximate surface area is 106 Å². The minimum Gasteiger partial charge on any atom is -0.268 e. The largest absolute Gasteiger partial charge is 0.268 e. The number of nitrogens with zero attached hydrogens (tertiary/aromatic N) is 1. The smallest absolute Gasteiger partial charge is 0.266 e. The maximum Gasteiger partial charge on any atom is 0.266 e. The molecule has 90 valence electrons. The minimum atomic E-state index is -0.353. The van der Waals surface area contributed by atoms with Crippen molar-refractivity contribution in [3.05, 3.63) is 66.3 Å². The number of imide groups is 1. The summed E-state index contributed by atoms with van der Waals surface area (Å²) in [5.74, 6) is -0.706. The van der Waals surface area contributed by atoms with Crippen LogP contribution in [0.15, 0.2) is 60.7 Å². The van der Waals surface area contributed by atoms with Gasteiger partial charge in [-0.15, -0.1) is 0 Å². The van der Waals surface area contributed by atoms with Crippen LogP contribution in [0.4, 0.5) is 5.69 Å². The van der Waals surface area contributed by atoms with Crippen LogP contribution in [0.3, 0.4) is 0 Å². The normalized spacial score (nSPS) is 15.3. The summed E-state index contributed by atoms with van der Waals surface area (Å²) in [7, 11) is 0. The summed E-state index contributed by atoms with van der Waals surface area (Å²) in [6.45, 7) is 9.07. The Morgan fingerprint density at radius 2 is 1.39 bits per heavy atom. The standard InChI is InChI=1S/C15H13NO2/c1-4-12-13(5-2)15(18)16(14(12)17)11-8-6-10(3)7-9-11/h4-9H,1-2H2,3H3. The van der Waals surface area contributed by atoms with E-state index >= 15 is 0 Å². The molecule has 0 saturated heterocycles. The van der Waals surface area contributed by atoms with E-state index in [0.29, 0.717) is 16.8 Å². The quantitative estimate of drug-likeness (QED) is 0.760. The second-order valence-electron chi connectivity index (χ2n) is 4.02. The summed E-state index contributed by atoms with van der Waals surface area (Å²) < 4.78 is 0. The number of benzene rings is 1. The van der Waals surface area contributed by atoms with Gasteiger partial charge in [-0.25, -0.2) is 4.90 Å². The van der Waals surface area contributed by atoms with Gasteiger partial charge in [0.15, 0.2) is 0 Å². The van der Waals surface area contributed by atoms with E-state index in [1.54, 1.807) is 12.1 Å². The predicted molar refractivity (Wildman–Crippen MR) is 71.1 cm³/mol. The molecule has 0 N–H and O–H groups in total. The third-order valence-corrected chi connectivity index (χ3v) is 2.86. The SMILES string of the molecule is C=CC1=C(C=C)C(=O)N(c2ccc(C)cc2)C1=O. The van der Waals surface area contributed by atoms with Gasteiger partial charge in [0.25, 0.3) is 11.8 Å². The molecule has 1 aliphatic rings. The molecule has 18 heavy (non-hydrogen) atoms. The highest BCUT2D eigenvalue weighted by Gasteiger charge is 2.36. The first-order chi connectivity index (χ1) is 8.60. The van der Waals surface area contributed by atoms with Gasteiger partial charge in [0, 0.05) is 0 Å². The lowest BCUT2D eigenvalue weighted by Crippen LogP contribution is -2.31. The van der Waals surface area contributed by atoms with Crippen molar-refractivity contribution in [1.29, 1.82) is 0 Å². The summed E-state index contributed by atoms with van der Waals surface area (Å²) in [6.07, 6.45) is 2.79. The van der Waals surface area contributed by atoms with Crippen LogP contribution in [0.1, 0.15) is 5.56 Å². The van der Waals surface area contributed by atoms with E-state index in [4.69, 9.17) is 0 Å². The molecule has 1 aliphatic heterocycles. The van der Waals surface area contributed by atoms with Gasteiger partial charge < -0.3 is 0 Å². The van der Waals surface area contributed by atoms with Crippen LogP contribution in [0.25, 0.3) is 0 Å². The minimum absolute atomic E-state index is 0.301. The van der Waals surface area contributed by atoms with Crippen molar-refractivity contribution >= 4 is 17.5 Å². The van der Waals surface area contributed by atoms with Crippen LogP contribution in [0.2, 0.25) is 0 Å². The highest BCUT2D eigenvalue weighted by molar-refractivity contribution is 6.34. The fourth-order valence-electron chi connectivity index (χ4n) is 1.89. The molecule has 0 saturated carbocycles. The molecule has 0 atom stereocenters. The van der Waals surface area contributed by atoms with Crippen molar-refractivity contribution in [2.45, 2.75) is 6.92 Å². The van der Waals surface area contributed by atoms with Crippen molar-refractivity contribution < 1.29 is 9.59 Å². The second kappa shape index (κ2) is 4.45. The Balaban J connectivity index is 2.48. The number of anilines is 1. The van der Waals surface area contributed by atoms with E-state index < -0.39 is 0 Å². The van der Waals surface area contributed by atoms with E-state index in [9.17, 15) is 9.59 Å². The summed E-state index contributed by atoms with van der Waals surface area (Å²) in [4.78, 5) is 25.4. The van der Waals surface area contributed by atoms with Crippen LogP contribution in [0.5, 0.6) is 0 Å². The number of rotatable bonds is 3. The first-order valence-corrected chi connectivity index (χ1v) is 5.54. The van der Waals surface area contributed by atoms with Gasteiger partial charge in [-0.3, -0.25) is 9.59 Å². The zero-order chi connectivity index (χ0) is 13.3. The molecule has 0 spiro atoms. The lowest BCUT2D eigenvalue weighted by Gasteiger charge is -2.14. The van der Waals surface area contributed by atoms with Crippen molar-refractivity contribution in [3.63, 3.8) is 0 Å². The molecule has 1 aromatic carbocycles. The summed E-state index contributed by atoms with van der Waals surface area (Å²) in [6, 6.07) is 7.21. The monoisotopic (exact) mass is 239 g/mol. The maximum atomic E-state index is 12.1. The number of amides is 2. The zero-order valence-corrected chi connectivity index (χ0v) is 10.1. The average molecular weight is 239 g/mol. The number of hydrogen-bond acceptors (Lipinski definition) is 2. The summed E-state index contributed by atoms with van der Waals surface area (Å²) in [5.41, 5.74) is 2.23. The van der Waals surface area contributed by atoms with Gasteiger partial charge >= 0.3 is 0 Å². The molecule has 3 nitrogen and oxygen atoms in total. The van der Waals surface area contributed by atoms with Gasteiger partial charge in [0.1, 0.15) is 0 Å². The average Bonchev–Trinajstić information content (AvgIpc) is 2.61. The Kier molecular flexibility index (Phi) is 2.98. The third kappa shape index (κ3) is 1.70. The van der Waals surface area contributed by atoms with Crippen LogP contribution < -0.4 is 4.90 Å². The molecule has 2 amide bonds. The topological polar surface area (TPSA) is 37.4 Å². The molecule has 3 heteroatoms. The van der Waals surface area contributed by atoms with Gasteiger partial charge in [0.2, 0.25) is 0 Å². The van der Waals surface area contributed by atoms with Gasteiger partial charge in [-0.1, -0.05) is 43.0 Å². The Morgan fingerprint density at radius 1 is 0.944 bits per heavy atom. The lowest BCUT2D eigenvalue weighted by atomic mass is 10.1. The van der Waals surface area contributed by atoms with Crippen molar-refractivity contribution in [2.24, 2.45) is 0 Å². The predicted octanol–water partition coefficient (Wildman–Crippen LogP) is 2.54. The van der Waals surface area contributed by atoms with Crippen molar-refractivity contribution in [1.82, 2.24) is 0 Å². The van der Waals surface area contributed by atoms with E-state index in [1.807, 2.05) is 19.1 Å². The highest BCUT2D eigenvalue weighted by atomic mass is 16.2. The maximum absolute atomic E-state index is 12.1. The van der Waals surface area contributed by atoms with Gasteiger partial charge in [0.05, 0.1) is 16.8 Å². The third-order valence-electron chi connectivity index (χ3n) is 2.86. The fraction of sp³-hybridized carbons (Fsp3) is 0.0667. The van der Waals surface area contributed by atoms with Crippen molar-refractivity contribution in [3.8, 4) is 0 Å². The molecule has 0 fully saturated rings. The van der Waals surface area contributed by atoms with Gasteiger partial charge in [-0.2, -0.15) is 0 Å². The Morgan fingerprint density at radius 3 is 1.78 bits per heavy atom. The molecule has 1 heterocycles. The van der Waals surface area contributed by atoms with Gasteiger partial charge in [-0.05, 0) is 19.1 Å². The van der Waals surface area contributed by atoms with E-state index in [1.165, 1.54) is 12.2 Å². The van der Waals surface area contributed by atoms with E-state index in [-0.39, 0.29) is 11.8 Å². The lowest BCUT2D eigenvalue weighted by molar-refractivity contribution is -0.120. The first kappa shape index (κ1) is 12.0. The van der Waals surface area contributed by atoms with Crippen LogP contribution in [-0.4, -0.2) is 11.8 Å². The number of hydrogen-bond donors (Lipinski definition) is 0. The molecular weight excluding hydrogens is 226 g/mol. The summed E-state index contributed by atoms with van der Waals surface area (Å²) >= 11 is 0. The van der Waals surface area contributed by atoms with Crippen LogP contribution in [0, 0.1) is 6.92 Å². The second-order valence-corrected chi connectivity index (χ2v) is 4.02. The Bertz CT molecular complexity index is 549. The fourth-order valence-corrected chi connectivity index (χ4v) is 1.89. The van der Waals surface area contributed by atoms with E-state index in [0.717, 1.165) is 10.5 Å². The molecular formula is C15H13NO2. The molecule has 1 aromatic rings. The van der Waals surface area contributed by atoms with Crippen molar-refractivity contribution in [2.75, 3.05) is 4.90 Å². The van der Waals surface area contributed by atoms with E-state index in [2.05, 4.69) is 13.2 Å². The zero-order valence-electron chi connectivity index (χ0n) is 10.1. The molecule has 0 radical (unpaired) electrons. The number of carbonyl (C=O) groups is 2. The number of carbonyl (C=O) groups excluding carboxylic acids is 2. The molecule has 0 aromatic heterocycles. The Hall–Kier alpha value is -2.42.